The van der Waals surface area contributed by atoms with Crippen LogP contribution in [-0.2, 0) is 10.2 Å². The molecule has 0 amide bonds. The monoisotopic (exact) mass is 300 g/mol. The van der Waals surface area contributed by atoms with E-state index in [1.165, 1.54) is 0 Å². The molecule has 0 spiro atoms. The topological polar surface area (TPSA) is 117 Å². The zero-order chi connectivity index (χ0) is 15.2. The third kappa shape index (κ3) is 5.16. The Kier molecular flexibility index (Phi) is 5.93. The van der Waals surface area contributed by atoms with Gasteiger partial charge in [-0.3, -0.25) is 0 Å². The van der Waals surface area contributed by atoms with Crippen LogP contribution >= 0.6 is 0 Å². The van der Waals surface area contributed by atoms with Crippen LogP contribution in [0, 0.1) is 5.92 Å². The minimum Gasteiger partial charge on any atom is -0.409 e. The maximum Gasteiger partial charge on any atom is 0.277 e. The van der Waals surface area contributed by atoms with Gasteiger partial charge in [-0.2, -0.15) is 13.1 Å². The van der Waals surface area contributed by atoms with E-state index in [0.717, 1.165) is 0 Å². The molecule has 0 aromatic heterocycles. The van der Waals surface area contributed by atoms with Gasteiger partial charge in [0.2, 0.25) is 0 Å². The minimum atomic E-state index is -3.75. The normalized spacial score (nSPS) is 14.4. The van der Waals surface area contributed by atoms with Gasteiger partial charge in [-0.05, 0) is 11.5 Å². The highest BCUT2D eigenvalue weighted by Crippen LogP contribution is 2.13. The lowest BCUT2D eigenvalue weighted by atomic mass is 10.1. The average Bonchev–Trinajstić information content (AvgIpc) is 2.43. The van der Waals surface area contributed by atoms with E-state index >= 15 is 0 Å². The molecule has 1 unspecified atom stereocenters. The molecule has 0 aliphatic heterocycles. The Balaban J connectivity index is 2.92. The summed E-state index contributed by atoms with van der Waals surface area (Å²) in [5.41, 5.74) is 6.14. The van der Waals surface area contributed by atoms with Gasteiger partial charge in [-0.25, -0.2) is 4.72 Å². The molecule has 1 rings (SSSR count). The molecule has 0 aliphatic rings. The lowest BCUT2D eigenvalue weighted by molar-refractivity contribution is 0.315. The molecule has 1 atom stereocenters. The molecule has 8 heteroatoms. The average molecular weight is 300 g/mol. The van der Waals surface area contributed by atoms with Crippen molar-refractivity contribution in [2.24, 2.45) is 16.8 Å². The van der Waals surface area contributed by atoms with Gasteiger partial charge in [0.25, 0.3) is 10.2 Å². The van der Waals surface area contributed by atoms with Crippen molar-refractivity contribution in [3.05, 3.63) is 35.9 Å². The number of hydrogen-bond acceptors (Lipinski definition) is 4. The molecule has 0 heterocycles. The molecule has 20 heavy (non-hydrogen) atoms. The lowest BCUT2D eigenvalue weighted by Crippen LogP contribution is -2.44. The van der Waals surface area contributed by atoms with E-state index in [2.05, 4.69) is 14.6 Å². The van der Waals surface area contributed by atoms with E-state index in [1.54, 1.807) is 30.3 Å². The van der Waals surface area contributed by atoms with Crippen LogP contribution in [0.5, 0.6) is 0 Å². The van der Waals surface area contributed by atoms with Crippen LogP contribution in [-0.4, -0.2) is 26.0 Å². The number of oxime groups is 1. The molecule has 1 aromatic carbocycles. The van der Waals surface area contributed by atoms with Crippen molar-refractivity contribution in [3.8, 4) is 0 Å². The quantitative estimate of drug-likeness (QED) is 0.255. The van der Waals surface area contributed by atoms with Crippen LogP contribution in [0.2, 0.25) is 0 Å². The first kappa shape index (κ1) is 16.4. The third-order valence-corrected chi connectivity index (χ3v) is 3.59. The molecular weight excluding hydrogens is 280 g/mol. The summed E-state index contributed by atoms with van der Waals surface area (Å²) in [4.78, 5) is 0. The fraction of sp³-hybridized carbons (Fsp3) is 0.417. The zero-order valence-electron chi connectivity index (χ0n) is 11.4. The van der Waals surface area contributed by atoms with Crippen molar-refractivity contribution >= 4 is 16.0 Å². The second-order valence-corrected chi connectivity index (χ2v) is 6.26. The number of nitrogens with two attached hydrogens (primary N) is 1. The molecule has 7 nitrogen and oxygen atoms in total. The Morgan fingerprint density at radius 3 is 2.45 bits per heavy atom. The maximum atomic E-state index is 11.9. The van der Waals surface area contributed by atoms with Gasteiger partial charge in [0, 0.05) is 6.54 Å². The Morgan fingerprint density at radius 2 is 1.95 bits per heavy atom. The van der Waals surface area contributed by atoms with Crippen LogP contribution < -0.4 is 15.2 Å². The van der Waals surface area contributed by atoms with Crippen molar-refractivity contribution in [2.75, 3.05) is 6.54 Å². The summed E-state index contributed by atoms with van der Waals surface area (Å²) < 4.78 is 28.6. The number of hydrogen-bond donors (Lipinski definition) is 4. The number of rotatable bonds is 7. The van der Waals surface area contributed by atoms with E-state index in [9.17, 15) is 8.42 Å². The third-order valence-electron chi connectivity index (χ3n) is 2.50. The van der Waals surface area contributed by atoms with Gasteiger partial charge < -0.3 is 10.9 Å². The Morgan fingerprint density at radius 1 is 1.35 bits per heavy atom. The first-order valence-corrected chi connectivity index (χ1v) is 7.63. The Labute approximate surface area is 119 Å². The predicted molar refractivity (Wildman–Crippen MR) is 77.5 cm³/mol. The van der Waals surface area contributed by atoms with Crippen molar-refractivity contribution in [2.45, 2.75) is 19.9 Å². The van der Waals surface area contributed by atoms with Gasteiger partial charge in [-0.1, -0.05) is 49.3 Å². The Hall–Kier alpha value is -1.64. The van der Waals surface area contributed by atoms with Crippen LogP contribution in [0.15, 0.2) is 35.5 Å². The number of amidine groups is 1. The first-order chi connectivity index (χ1) is 9.35. The van der Waals surface area contributed by atoms with Gasteiger partial charge in [0.1, 0.15) is 6.04 Å². The predicted octanol–water partition coefficient (Wildman–Crippen LogP) is 0.554. The molecule has 5 N–H and O–H groups in total. The van der Waals surface area contributed by atoms with Crippen LogP contribution in [0.1, 0.15) is 25.5 Å². The molecule has 1 aromatic rings. The number of benzene rings is 1. The molecule has 0 saturated carbocycles. The second kappa shape index (κ2) is 7.22. The van der Waals surface area contributed by atoms with E-state index < -0.39 is 16.3 Å². The van der Waals surface area contributed by atoms with Crippen molar-refractivity contribution in [1.29, 1.82) is 0 Å². The van der Waals surface area contributed by atoms with Crippen LogP contribution in [0.4, 0.5) is 0 Å². The highest BCUT2D eigenvalue weighted by atomic mass is 32.2. The molecule has 0 aliphatic carbocycles. The first-order valence-electron chi connectivity index (χ1n) is 6.15. The van der Waals surface area contributed by atoms with Crippen LogP contribution in [0.25, 0.3) is 0 Å². The summed E-state index contributed by atoms with van der Waals surface area (Å²) in [7, 11) is -3.75. The van der Waals surface area contributed by atoms with E-state index in [0.29, 0.717) is 12.1 Å². The molecule has 112 valence electrons. The van der Waals surface area contributed by atoms with Gasteiger partial charge >= 0.3 is 0 Å². The fourth-order valence-electron chi connectivity index (χ4n) is 1.48. The van der Waals surface area contributed by atoms with E-state index in [-0.39, 0.29) is 11.8 Å². The minimum absolute atomic E-state index is 0.172. The van der Waals surface area contributed by atoms with Gasteiger partial charge in [0.15, 0.2) is 5.84 Å². The highest BCUT2D eigenvalue weighted by Gasteiger charge is 2.23. The fourth-order valence-corrected chi connectivity index (χ4v) is 2.68. The summed E-state index contributed by atoms with van der Waals surface area (Å²) in [5, 5.41) is 11.7. The van der Waals surface area contributed by atoms with Crippen molar-refractivity contribution < 1.29 is 13.6 Å². The molecule has 0 saturated heterocycles. The number of nitrogens with one attached hydrogen (secondary N) is 2. The van der Waals surface area contributed by atoms with Crippen molar-refractivity contribution in [3.63, 3.8) is 0 Å². The molecule has 0 fully saturated rings. The van der Waals surface area contributed by atoms with Crippen LogP contribution in [0.3, 0.4) is 0 Å². The zero-order valence-corrected chi connectivity index (χ0v) is 12.3. The van der Waals surface area contributed by atoms with E-state index in [1.807, 2.05) is 13.8 Å². The van der Waals surface area contributed by atoms with Gasteiger partial charge in [0.05, 0.1) is 0 Å². The van der Waals surface area contributed by atoms with E-state index in [4.69, 9.17) is 10.9 Å². The van der Waals surface area contributed by atoms with Crippen molar-refractivity contribution in [1.82, 2.24) is 9.44 Å². The SMILES string of the molecule is CC(C)CNS(=O)(=O)NC(/C(N)=N/O)c1ccccc1. The summed E-state index contributed by atoms with van der Waals surface area (Å²) in [6.45, 7) is 4.08. The molecule has 0 radical (unpaired) electrons. The number of nitrogens with zero attached hydrogens (tertiary/aromatic N) is 1. The summed E-state index contributed by atoms with van der Waals surface area (Å²) in [6, 6.07) is 7.72. The lowest BCUT2D eigenvalue weighted by Gasteiger charge is -2.18. The summed E-state index contributed by atoms with van der Waals surface area (Å²) in [5.74, 6) is -0.0586. The second-order valence-electron chi connectivity index (χ2n) is 4.73. The van der Waals surface area contributed by atoms with Gasteiger partial charge in [-0.15, -0.1) is 0 Å². The largest absolute Gasteiger partial charge is 0.409 e. The maximum absolute atomic E-state index is 11.9. The standard InChI is InChI=1S/C12H20N4O3S/c1-9(2)8-14-20(18,19)16-11(12(13)15-17)10-6-4-3-5-7-10/h3-7,9,11,14,16-17H,8H2,1-2H3,(H2,13,15). The summed E-state index contributed by atoms with van der Waals surface area (Å²) >= 11 is 0. The molecule has 0 bridgehead atoms. The Bertz CT molecular complexity index is 543. The molecular formula is C12H20N4O3S. The smallest absolute Gasteiger partial charge is 0.277 e. The summed E-state index contributed by atoms with van der Waals surface area (Å²) in [6.07, 6.45) is 0. The highest BCUT2D eigenvalue weighted by molar-refractivity contribution is 7.87.